The molecular weight excluding hydrogens is 444 g/mol. The molecule has 0 bridgehead atoms. The number of nitrogens with zero attached hydrogens (tertiary/aromatic N) is 1. The number of carbonyl (C=O) groups is 4. The van der Waals surface area contributed by atoms with Gasteiger partial charge in [0.2, 0.25) is 17.7 Å². The zero-order chi connectivity index (χ0) is 25.5. The minimum atomic E-state index is -0.618. The van der Waals surface area contributed by atoms with E-state index in [-0.39, 0.29) is 36.1 Å². The summed E-state index contributed by atoms with van der Waals surface area (Å²) in [5.74, 6) is -0.649. The minimum absolute atomic E-state index is 0.0182. The summed E-state index contributed by atoms with van der Waals surface area (Å²) in [6, 6.07) is 5.67. The molecule has 3 amide bonds. The van der Waals surface area contributed by atoms with Gasteiger partial charge in [-0.1, -0.05) is 36.6 Å². The lowest BCUT2D eigenvalue weighted by atomic mass is 9.98. The van der Waals surface area contributed by atoms with E-state index in [2.05, 4.69) is 16.0 Å². The number of allylic oxidation sites excluding steroid dienone is 2. The summed E-state index contributed by atoms with van der Waals surface area (Å²) >= 11 is 0. The van der Waals surface area contributed by atoms with E-state index in [0.29, 0.717) is 18.4 Å². The topological polar surface area (TPSA) is 108 Å². The zero-order valence-corrected chi connectivity index (χ0v) is 21.2. The van der Waals surface area contributed by atoms with E-state index in [1.165, 1.54) is 0 Å². The van der Waals surface area contributed by atoms with Crippen LogP contribution in [-0.4, -0.2) is 59.6 Å². The smallest absolute Gasteiger partial charge is 0.246 e. The highest BCUT2D eigenvalue weighted by molar-refractivity contribution is 6.05. The molecule has 1 aromatic rings. The van der Waals surface area contributed by atoms with Gasteiger partial charge in [-0.2, -0.15) is 0 Å². The van der Waals surface area contributed by atoms with Crippen LogP contribution in [0.5, 0.6) is 0 Å². The van der Waals surface area contributed by atoms with Gasteiger partial charge in [0.05, 0.1) is 6.04 Å². The molecule has 35 heavy (non-hydrogen) atoms. The van der Waals surface area contributed by atoms with Gasteiger partial charge in [-0.3, -0.25) is 19.2 Å². The maximum atomic E-state index is 13.5. The maximum absolute atomic E-state index is 13.5. The average molecular weight is 483 g/mol. The van der Waals surface area contributed by atoms with Crippen molar-refractivity contribution in [2.45, 2.75) is 90.0 Å². The normalized spacial score (nSPS) is 22.9. The molecule has 1 unspecified atom stereocenters. The Kier molecular flexibility index (Phi) is 9.20. The number of hydrogen-bond donors (Lipinski definition) is 3. The molecule has 3 N–H and O–H groups in total. The second kappa shape index (κ2) is 12.1. The van der Waals surface area contributed by atoms with Gasteiger partial charge < -0.3 is 20.9 Å². The van der Waals surface area contributed by atoms with Crippen LogP contribution in [0.4, 0.5) is 0 Å². The summed E-state index contributed by atoms with van der Waals surface area (Å²) in [7, 11) is 1.70. The quantitative estimate of drug-likeness (QED) is 0.390. The van der Waals surface area contributed by atoms with Crippen molar-refractivity contribution in [1.82, 2.24) is 20.9 Å². The lowest BCUT2D eigenvalue weighted by Gasteiger charge is -2.35. The van der Waals surface area contributed by atoms with Crippen LogP contribution in [0.3, 0.4) is 0 Å². The number of hydrogen-bond acceptors (Lipinski definition) is 5. The molecule has 2 aliphatic rings. The van der Waals surface area contributed by atoms with Crippen LogP contribution < -0.4 is 16.0 Å². The van der Waals surface area contributed by atoms with Crippen molar-refractivity contribution in [2.24, 2.45) is 0 Å². The molecule has 2 fully saturated rings. The van der Waals surface area contributed by atoms with Gasteiger partial charge >= 0.3 is 0 Å². The molecule has 8 nitrogen and oxygen atoms in total. The molecule has 2 heterocycles. The van der Waals surface area contributed by atoms with Crippen molar-refractivity contribution in [1.29, 1.82) is 0 Å². The average Bonchev–Trinajstić information content (AvgIpc) is 3.25. The summed E-state index contributed by atoms with van der Waals surface area (Å²) in [6.07, 6.45) is 6.26. The standard InChI is InChI=1S/C27H38N4O4/c1-17(2)14-24(32)20-9-7-8-19(15-20)16-29-26(34)23-13-12-21-10-5-6-11-22(27(35)31(21)23)30-25(33)18(3)28-4/h7-9,14-15,18,21-23,28H,5-6,10-13,16H2,1-4H3,(H,29,34)(H,30,33)/t18?,21-,22-,23-/m0/s1. The van der Waals surface area contributed by atoms with Crippen LogP contribution in [0.1, 0.15) is 75.2 Å². The highest BCUT2D eigenvalue weighted by atomic mass is 16.2. The number of carbonyl (C=O) groups excluding carboxylic acids is 4. The van der Waals surface area contributed by atoms with Gasteiger partial charge in [-0.15, -0.1) is 0 Å². The molecule has 0 radical (unpaired) electrons. The Labute approximate surface area is 207 Å². The first kappa shape index (κ1) is 26.6. The highest BCUT2D eigenvalue weighted by Crippen LogP contribution is 2.31. The van der Waals surface area contributed by atoms with E-state index in [4.69, 9.17) is 0 Å². The summed E-state index contributed by atoms with van der Waals surface area (Å²) in [5, 5.41) is 8.75. The first-order valence-corrected chi connectivity index (χ1v) is 12.6. The van der Waals surface area contributed by atoms with E-state index < -0.39 is 18.1 Å². The van der Waals surface area contributed by atoms with Crippen molar-refractivity contribution in [3.63, 3.8) is 0 Å². The minimum Gasteiger partial charge on any atom is -0.350 e. The molecule has 190 valence electrons. The third kappa shape index (κ3) is 6.78. The molecule has 0 aliphatic carbocycles. The molecule has 2 aliphatic heterocycles. The monoisotopic (exact) mass is 482 g/mol. The van der Waals surface area contributed by atoms with Crippen LogP contribution in [0.25, 0.3) is 0 Å². The van der Waals surface area contributed by atoms with Crippen molar-refractivity contribution < 1.29 is 19.2 Å². The lowest BCUT2D eigenvalue weighted by Crippen LogP contribution is -2.57. The first-order chi connectivity index (χ1) is 16.7. The van der Waals surface area contributed by atoms with Gasteiger partial charge in [-0.05, 0) is 71.2 Å². The lowest BCUT2D eigenvalue weighted by molar-refractivity contribution is -0.144. The Morgan fingerprint density at radius 3 is 2.57 bits per heavy atom. The van der Waals surface area contributed by atoms with Crippen LogP contribution >= 0.6 is 0 Å². The molecule has 4 atom stereocenters. The Balaban J connectivity index is 1.68. The number of nitrogens with one attached hydrogen (secondary N) is 3. The van der Waals surface area contributed by atoms with Crippen LogP contribution in [0, 0.1) is 0 Å². The van der Waals surface area contributed by atoms with Gasteiger partial charge in [0.25, 0.3) is 0 Å². The van der Waals surface area contributed by atoms with Crippen molar-refractivity contribution in [3.8, 4) is 0 Å². The fourth-order valence-corrected chi connectivity index (χ4v) is 4.84. The van der Waals surface area contributed by atoms with E-state index in [9.17, 15) is 19.2 Å². The Morgan fingerprint density at radius 2 is 1.86 bits per heavy atom. The number of ketones is 1. The molecule has 3 rings (SSSR count). The van der Waals surface area contributed by atoms with Gasteiger partial charge in [0.15, 0.2) is 5.78 Å². The van der Waals surface area contributed by atoms with E-state index in [1.807, 2.05) is 19.9 Å². The molecule has 8 heteroatoms. The number of rotatable bonds is 8. The summed E-state index contributed by atoms with van der Waals surface area (Å²) < 4.78 is 0. The molecule has 1 aromatic carbocycles. The Hall–Kier alpha value is -3.00. The second-order valence-electron chi connectivity index (χ2n) is 9.85. The first-order valence-electron chi connectivity index (χ1n) is 12.6. The molecule has 2 saturated heterocycles. The second-order valence-corrected chi connectivity index (χ2v) is 9.85. The molecular formula is C27H38N4O4. The van der Waals surface area contributed by atoms with Gasteiger partial charge in [-0.25, -0.2) is 0 Å². The van der Waals surface area contributed by atoms with Crippen molar-refractivity contribution in [2.75, 3.05) is 7.05 Å². The van der Waals surface area contributed by atoms with Crippen molar-refractivity contribution >= 4 is 23.5 Å². The number of fused-ring (bicyclic) bond motifs is 1. The number of benzene rings is 1. The molecule has 0 aromatic heterocycles. The molecule has 0 spiro atoms. The SMILES string of the molecule is CNC(C)C(=O)N[C@H]1CCCC[C@H]2CC[C@@H](C(=O)NCc3cccc(C(=O)C=C(C)C)c3)N2C1=O. The van der Waals surface area contributed by atoms with Gasteiger partial charge in [0.1, 0.15) is 12.1 Å². The highest BCUT2D eigenvalue weighted by Gasteiger charge is 2.43. The van der Waals surface area contributed by atoms with Crippen LogP contribution in [-0.2, 0) is 20.9 Å². The van der Waals surface area contributed by atoms with Crippen LogP contribution in [0.15, 0.2) is 35.9 Å². The Bertz CT molecular complexity index is 985. The summed E-state index contributed by atoms with van der Waals surface area (Å²) in [5.41, 5.74) is 2.33. The predicted octanol–water partition coefficient (Wildman–Crippen LogP) is 2.48. The largest absolute Gasteiger partial charge is 0.350 e. The maximum Gasteiger partial charge on any atom is 0.246 e. The van der Waals surface area contributed by atoms with E-state index in [1.54, 1.807) is 43.1 Å². The summed E-state index contributed by atoms with van der Waals surface area (Å²) in [4.78, 5) is 53.2. The fourth-order valence-electron chi connectivity index (χ4n) is 4.84. The van der Waals surface area contributed by atoms with E-state index in [0.717, 1.165) is 36.8 Å². The third-order valence-electron chi connectivity index (χ3n) is 6.88. The fraction of sp³-hybridized carbons (Fsp3) is 0.556. The number of amides is 3. The van der Waals surface area contributed by atoms with Gasteiger partial charge in [0, 0.05) is 18.2 Å². The zero-order valence-electron chi connectivity index (χ0n) is 21.2. The number of likely N-dealkylation sites (N-methyl/N-ethyl adjacent to an activating group) is 1. The predicted molar refractivity (Wildman–Crippen MR) is 135 cm³/mol. The summed E-state index contributed by atoms with van der Waals surface area (Å²) in [6.45, 7) is 5.78. The van der Waals surface area contributed by atoms with Crippen LogP contribution in [0.2, 0.25) is 0 Å². The van der Waals surface area contributed by atoms with Crippen molar-refractivity contribution in [3.05, 3.63) is 47.0 Å². The van der Waals surface area contributed by atoms with E-state index >= 15 is 0 Å². The third-order valence-corrected chi connectivity index (χ3v) is 6.88. The molecule has 0 saturated carbocycles. The Morgan fingerprint density at radius 1 is 1.11 bits per heavy atom.